The smallest absolute Gasteiger partial charge is 0.240 e. The maximum atomic E-state index is 13.7. The summed E-state index contributed by atoms with van der Waals surface area (Å²) in [5.74, 6) is 0. The number of ether oxygens (including phenoxy) is 3. The molecule has 0 amide bonds. The Bertz CT molecular complexity index is 1300. The van der Waals surface area contributed by atoms with Crippen molar-refractivity contribution in [3.05, 3.63) is 65.7 Å². The number of hydrogen-bond acceptors (Lipinski definition) is 7. The van der Waals surface area contributed by atoms with Crippen LogP contribution in [0.2, 0.25) is 18.1 Å². The van der Waals surface area contributed by atoms with Gasteiger partial charge in [0, 0.05) is 13.2 Å². The first kappa shape index (κ1) is 42.8. The number of rotatable bonds is 24. The highest BCUT2D eigenvalue weighted by atomic mass is 32.2. The third-order valence-electron chi connectivity index (χ3n) is 10.2. The molecular formula is C40H67NO7SSi. The van der Waals surface area contributed by atoms with Crippen LogP contribution in [0.4, 0.5) is 0 Å². The van der Waals surface area contributed by atoms with Gasteiger partial charge in [0.1, 0.15) is 12.2 Å². The highest BCUT2D eigenvalue weighted by Crippen LogP contribution is 2.37. The molecule has 1 heterocycles. The molecule has 3 rings (SSSR count). The molecule has 0 bridgehead atoms. The van der Waals surface area contributed by atoms with E-state index in [1.807, 2.05) is 37.3 Å². The lowest BCUT2D eigenvalue weighted by atomic mass is 9.99. The quantitative estimate of drug-likeness (QED) is 0.0820. The average Bonchev–Trinajstić information content (AvgIpc) is 3.08. The second-order valence-electron chi connectivity index (χ2n) is 15.6. The minimum atomic E-state index is -3.86. The molecule has 10 heteroatoms. The Kier molecular flexibility index (Phi) is 18.6. The molecule has 50 heavy (non-hydrogen) atoms. The molecule has 1 aliphatic rings. The zero-order chi connectivity index (χ0) is 36.5. The van der Waals surface area contributed by atoms with Crippen LogP contribution in [-0.4, -0.2) is 66.2 Å². The summed E-state index contributed by atoms with van der Waals surface area (Å²) in [6.45, 7) is 14.7. The molecule has 0 aromatic heterocycles. The summed E-state index contributed by atoms with van der Waals surface area (Å²) in [5, 5.41) is 11.6. The van der Waals surface area contributed by atoms with Gasteiger partial charge in [-0.25, -0.2) is 13.1 Å². The number of aliphatic hydroxyl groups is 1. The first-order valence-electron chi connectivity index (χ1n) is 19.1. The molecule has 2 aromatic carbocycles. The van der Waals surface area contributed by atoms with Crippen molar-refractivity contribution < 1.29 is 32.2 Å². The van der Waals surface area contributed by atoms with Gasteiger partial charge in [-0.1, -0.05) is 120 Å². The summed E-state index contributed by atoms with van der Waals surface area (Å²) in [7, 11) is -6.03. The van der Waals surface area contributed by atoms with Gasteiger partial charge in [-0.15, -0.1) is 0 Å². The van der Waals surface area contributed by atoms with E-state index >= 15 is 0 Å². The molecule has 1 unspecified atom stereocenters. The number of nitrogens with one attached hydrogen (secondary N) is 1. The van der Waals surface area contributed by atoms with E-state index in [9.17, 15) is 13.5 Å². The maximum Gasteiger partial charge on any atom is 0.240 e. The molecule has 0 spiro atoms. The summed E-state index contributed by atoms with van der Waals surface area (Å²) < 4.78 is 54.7. The van der Waals surface area contributed by atoms with Crippen molar-refractivity contribution in [3.8, 4) is 0 Å². The van der Waals surface area contributed by atoms with E-state index in [0.29, 0.717) is 6.42 Å². The van der Waals surface area contributed by atoms with Crippen molar-refractivity contribution >= 4 is 18.3 Å². The topological polar surface area (TPSA) is 103 Å². The van der Waals surface area contributed by atoms with E-state index in [4.69, 9.17) is 18.6 Å². The molecule has 2 N–H and O–H groups in total. The van der Waals surface area contributed by atoms with E-state index < -0.39 is 36.6 Å². The summed E-state index contributed by atoms with van der Waals surface area (Å²) in [6, 6.07) is 16.0. The van der Waals surface area contributed by atoms with Crippen LogP contribution in [0.5, 0.6) is 0 Å². The van der Waals surface area contributed by atoms with Gasteiger partial charge in [0.2, 0.25) is 10.0 Å². The molecule has 2 aromatic rings. The fourth-order valence-corrected chi connectivity index (χ4v) is 8.20. The predicted octanol–water partition coefficient (Wildman–Crippen LogP) is 9.05. The van der Waals surface area contributed by atoms with Crippen molar-refractivity contribution in [1.29, 1.82) is 0 Å². The lowest BCUT2D eigenvalue weighted by molar-refractivity contribution is -0.162. The lowest BCUT2D eigenvalue weighted by Gasteiger charge is -2.38. The van der Waals surface area contributed by atoms with Crippen LogP contribution in [0.15, 0.2) is 59.5 Å². The van der Waals surface area contributed by atoms with Crippen LogP contribution in [0.25, 0.3) is 0 Å². The standard InChI is InChI=1S/C40H67NO7SSi/c1-33-25-27-35(28-26-33)49(43,44)41-36(23-17-12-10-8-7-9-11-13-19-29-45-38-24-18-20-30-46-38)39(47-31-34-21-15-14-16-22-34)37(42)32-48-50(5,6)40(2,3)4/h14-16,21-22,25-28,36-39,41-42H,7-13,17-20,23-24,29-32H2,1-6H3/t36-,37-,38?,39+/m0/s1. The number of benzene rings is 2. The van der Waals surface area contributed by atoms with E-state index in [2.05, 4.69) is 38.6 Å². The van der Waals surface area contributed by atoms with Crippen LogP contribution >= 0.6 is 0 Å². The number of hydrogen-bond donors (Lipinski definition) is 2. The van der Waals surface area contributed by atoms with Crippen molar-refractivity contribution in [2.75, 3.05) is 19.8 Å². The van der Waals surface area contributed by atoms with Crippen molar-refractivity contribution in [1.82, 2.24) is 4.72 Å². The van der Waals surface area contributed by atoms with Crippen molar-refractivity contribution in [2.45, 2.75) is 165 Å². The third kappa shape index (κ3) is 15.5. The molecule has 284 valence electrons. The van der Waals surface area contributed by atoms with Gasteiger partial charge in [-0.05, 0) is 74.9 Å². The molecule has 1 fully saturated rings. The van der Waals surface area contributed by atoms with E-state index in [-0.39, 0.29) is 29.4 Å². The highest BCUT2D eigenvalue weighted by molar-refractivity contribution is 7.89. The van der Waals surface area contributed by atoms with Crippen LogP contribution < -0.4 is 4.72 Å². The maximum absolute atomic E-state index is 13.7. The lowest BCUT2D eigenvalue weighted by Crippen LogP contribution is -2.52. The minimum absolute atomic E-state index is 0.00541. The first-order chi connectivity index (χ1) is 23.8. The van der Waals surface area contributed by atoms with Gasteiger partial charge in [0.15, 0.2) is 14.6 Å². The number of sulfonamides is 1. The summed E-state index contributed by atoms with van der Waals surface area (Å²) >= 11 is 0. The second-order valence-corrected chi connectivity index (χ2v) is 22.1. The van der Waals surface area contributed by atoms with Crippen LogP contribution in [0, 0.1) is 6.92 Å². The number of aliphatic hydroxyl groups excluding tert-OH is 1. The van der Waals surface area contributed by atoms with E-state index in [1.54, 1.807) is 24.3 Å². The fourth-order valence-electron chi connectivity index (χ4n) is 5.90. The molecule has 1 aliphatic heterocycles. The van der Waals surface area contributed by atoms with Gasteiger partial charge >= 0.3 is 0 Å². The first-order valence-corrected chi connectivity index (χ1v) is 23.5. The zero-order valence-electron chi connectivity index (χ0n) is 31.8. The fraction of sp³-hybridized carbons (Fsp3) is 0.700. The largest absolute Gasteiger partial charge is 0.414 e. The third-order valence-corrected chi connectivity index (χ3v) is 16.2. The van der Waals surface area contributed by atoms with Gasteiger partial charge in [-0.2, -0.15) is 0 Å². The monoisotopic (exact) mass is 733 g/mol. The molecule has 4 atom stereocenters. The molecule has 0 aliphatic carbocycles. The zero-order valence-corrected chi connectivity index (χ0v) is 33.6. The second kappa shape index (κ2) is 21.8. The molecule has 8 nitrogen and oxygen atoms in total. The van der Waals surface area contributed by atoms with Gasteiger partial charge < -0.3 is 23.7 Å². The van der Waals surface area contributed by atoms with Crippen LogP contribution in [-0.2, 0) is 35.3 Å². The molecule has 0 radical (unpaired) electrons. The Hall–Kier alpha value is -1.63. The normalized spacial score (nSPS) is 17.8. The SMILES string of the molecule is Cc1ccc(S(=O)(=O)N[C@@H](CCCCCCCCCCCOC2CCCCO2)[C@@H](OCc2ccccc2)[C@@H](O)CO[Si](C)(C)C(C)(C)C)cc1. The molecule has 0 saturated carbocycles. The van der Waals surface area contributed by atoms with Crippen molar-refractivity contribution in [2.24, 2.45) is 0 Å². The van der Waals surface area contributed by atoms with Crippen molar-refractivity contribution in [3.63, 3.8) is 0 Å². The predicted molar refractivity (Wildman–Crippen MR) is 205 cm³/mol. The number of unbranched alkanes of at least 4 members (excludes halogenated alkanes) is 8. The molecular weight excluding hydrogens is 667 g/mol. The molecule has 1 saturated heterocycles. The Morgan fingerprint density at radius 1 is 0.900 bits per heavy atom. The highest BCUT2D eigenvalue weighted by Gasteiger charge is 2.39. The van der Waals surface area contributed by atoms with Gasteiger partial charge in [-0.3, -0.25) is 0 Å². The number of aryl methyl sites for hydroxylation is 1. The van der Waals surface area contributed by atoms with Gasteiger partial charge in [0.05, 0.1) is 24.2 Å². The average molecular weight is 734 g/mol. The summed E-state index contributed by atoms with van der Waals surface area (Å²) in [5.41, 5.74) is 1.95. The van der Waals surface area contributed by atoms with Crippen LogP contribution in [0.3, 0.4) is 0 Å². The van der Waals surface area contributed by atoms with Crippen LogP contribution in [0.1, 0.15) is 115 Å². The van der Waals surface area contributed by atoms with E-state index in [0.717, 1.165) is 69.3 Å². The Morgan fingerprint density at radius 3 is 2.12 bits per heavy atom. The Labute approximate surface area is 305 Å². The summed E-state index contributed by atoms with van der Waals surface area (Å²) in [4.78, 5) is 0.204. The minimum Gasteiger partial charge on any atom is -0.414 e. The van der Waals surface area contributed by atoms with Gasteiger partial charge in [0.25, 0.3) is 0 Å². The summed E-state index contributed by atoms with van der Waals surface area (Å²) in [6.07, 6.45) is 12.1. The van der Waals surface area contributed by atoms with E-state index in [1.165, 1.54) is 32.1 Å². The Balaban J connectivity index is 1.58. The Morgan fingerprint density at radius 2 is 1.52 bits per heavy atom.